The molecule has 2 nitrogen and oxygen atoms in total. The first kappa shape index (κ1) is 19.2. The van der Waals surface area contributed by atoms with Crippen LogP contribution < -0.4 is 5.32 Å². The first-order valence-electron chi connectivity index (χ1n) is 9.23. The fourth-order valence-corrected chi connectivity index (χ4v) is 3.26. The van der Waals surface area contributed by atoms with Crippen molar-refractivity contribution in [2.24, 2.45) is 0 Å². The molecule has 0 aliphatic rings. The summed E-state index contributed by atoms with van der Waals surface area (Å²) in [6.07, 6.45) is 0.373. The van der Waals surface area contributed by atoms with Gasteiger partial charge in [-0.1, -0.05) is 86.1 Å². The molecule has 138 valence electrons. The van der Waals surface area contributed by atoms with Gasteiger partial charge in [0.25, 0.3) is 0 Å². The number of carbonyl (C=O) groups is 1. The molecule has 0 aliphatic heterocycles. The van der Waals surface area contributed by atoms with E-state index in [1.165, 1.54) is 5.56 Å². The van der Waals surface area contributed by atoms with Crippen LogP contribution in [-0.4, -0.2) is 5.78 Å². The van der Waals surface area contributed by atoms with Gasteiger partial charge in [-0.05, 0) is 35.2 Å². The molecular weight excluding hydrogens is 354 g/mol. The highest BCUT2D eigenvalue weighted by molar-refractivity contribution is 6.30. The minimum atomic E-state index is -0.127. The summed E-state index contributed by atoms with van der Waals surface area (Å²) < 4.78 is 0. The van der Waals surface area contributed by atoms with E-state index >= 15 is 0 Å². The quantitative estimate of drug-likeness (QED) is 0.454. The topological polar surface area (TPSA) is 29.1 Å². The minimum Gasteiger partial charge on any atom is -0.378 e. The van der Waals surface area contributed by atoms with Gasteiger partial charge >= 0.3 is 0 Å². The molecule has 1 unspecified atom stereocenters. The molecule has 0 saturated heterocycles. The van der Waals surface area contributed by atoms with Gasteiger partial charge in [0.05, 0.1) is 6.04 Å². The van der Waals surface area contributed by atoms with Gasteiger partial charge in [0.1, 0.15) is 0 Å². The SMILES string of the molecule is CC(C)c1ccc(C(CC(=O)c2ccccc2)Nc2cccc(Cl)c2)cc1. The van der Waals surface area contributed by atoms with Gasteiger partial charge < -0.3 is 5.32 Å². The average Bonchev–Trinajstić information content (AvgIpc) is 2.68. The normalized spacial score (nSPS) is 12.0. The second-order valence-corrected chi connectivity index (χ2v) is 7.46. The van der Waals surface area contributed by atoms with E-state index in [9.17, 15) is 4.79 Å². The summed E-state index contributed by atoms with van der Waals surface area (Å²) in [4.78, 5) is 12.8. The Morgan fingerprint density at radius 3 is 2.19 bits per heavy atom. The number of rotatable bonds is 7. The summed E-state index contributed by atoms with van der Waals surface area (Å²) in [5.41, 5.74) is 4.01. The van der Waals surface area contributed by atoms with E-state index in [1.807, 2.05) is 54.6 Å². The summed E-state index contributed by atoms with van der Waals surface area (Å²) in [7, 11) is 0. The number of anilines is 1. The van der Waals surface area contributed by atoms with E-state index in [-0.39, 0.29) is 11.8 Å². The maximum absolute atomic E-state index is 12.8. The predicted molar refractivity (Wildman–Crippen MR) is 114 cm³/mol. The Morgan fingerprint density at radius 2 is 1.56 bits per heavy atom. The lowest BCUT2D eigenvalue weighted by atomic mass is 9.95. The Labute approximate surface area is 166 Å². The zero-order valence-corrected chi connectivity index (χ0v) is 16.4. The summed E-state index contributed by atoms with van der Waals surface area (Å²) in [5.74, 6) is 0.590. The number of carbonyl (C=O) groups excluding carboxylic acids is 1. The Bertz CT molecular complexity index is 888. The zero-order valence-electron chi connectivity index (χ0n) is 15.7. The van der Waals surface area contributed by atoms with Crippen LogP contribution in [0.2, 0.25) is 5.02 Å². The number of Topliss-reactive ketones (excluding diaryl/α,β-unsaturated/α-hetero) is 1. The molecule has 0 bridgehead atoms. The van der Waals surface area contributed by atoms with Crippen LogP contribution in [0, 0.1) is 0 Å². The average molecular weight is 378 g/mol. The fourth-order valence-electron chi connectivity index (χ4n) is 3.07. The molecule has 0 aliphatic carbocycles. The lowest BCUT2D eigenvalue weighted by Gasteiger charge is -2.21. The van der Waals surface area contributed by atoms with Crippen LogP contribution in [0.4, 0.5) is 5.69 Å². The van der Waals surface area contributed by atoms with Gasteiger partial charge in [0.2, 0.25) is 0 Å². The molecule has 3 rings (SSSR count). The van der Waals surface area contributed by atoms with Gasteiger partial charge in [-0.25, -0.2) is 0 Å². The van der Waals surface area contributed by atoms with Gasteiger partial charge in [-0.3, -0.25) is 4.79 Å². The maximum Gasteiger partial charge on any atom is 0.165 e. The van der Waals surface area contributed by atoms with Crippen LogP contribution in [0.25, 0.3) is 0 Å². The van der Waals surface area contributed by atoms with Crippen molar-refractivity contribution < 1.29 is 4.79 Å². The molecule has 0 heterocycles. The zero-order chi connectivity index (χ0) is 19.2. The van der Waals surface area contributed by atoms with Crippen molar-refractivity contribution >= 4 is 23.1 Å². The van der Waals surface area contributed by atoms with Crippen molar-refractivity contribution in [2.45, 2.75) is 32.2 Å². The van der Waals surface area contributed by atoms with Gasteiger partial charge in [0.15, 0.2) is 5.78 Å². The van der Waals surface area contributed by atoms with Crippen LogP contribution in [-0.2, 0) is 0 Å². The number of hydrogen-bond acceptors (Lipinski definition) is 2. The van der Waals surface area contributed by atoms with Crippen molar-refractivity contribution in [3.05, 3.63) is 101 Å². The van der Waals surface area contributed by atoms with E-state index < -0.39 is 0 Å². The van der Waals surface area contributed by atoms with Gasteiger partial charge in [-0.15, -0.1) is 0 Å². The second-order valence-electron chi connectivity index (χ2n) is 7.02. The number of benzene rings is 3. The second kappa shape index (κ2) is 8.88. The first-order valence-corrected chi connectivity index (χ1v) is 9.61. The molecule has 3 heteroatoms. The van der Waals surface area contributed by atoms with E-state index in [4.69, 9.17) is 11.6 Å². The summed E-state index contributed by atoms with van der Waals surface area (Å²) in [6.45, 7) is 4.35. The smallest absolute Gasteiger partial charge is 0.165 e. The van der Waals surface area contributed by atoms with E-state index in [0.717, 1.165) is 16.8 Å². The Kier molecular flexibility index (Phi) is 6.31. The fraction of sp³-hybridized carbons (Fsp3) is 0.208. The largest absolute Gasteiger partial charge is 0.378 e. The molecule has 1 N–H and O–H groups in total. The van der Waals surface area contributed by atoms with E-state index in [1.54, 1.807) is 0 Å². The number of hydrogen-bond donors (Lipinski definition) is 1. The van der Waals surface area contributed by atoms with Crippen LogP contribution >= 0.6 is 11.6 Å². The summed E-state index contributed by atoms with van der Waals surface area (Å²) >= 11 is 6.12. The lowest BCUT2D eigenvalue weighted by molar-refractivity contribution is 0.0976. The third-order valence-corrected chi connectivity index (χ3v) is 4.89. The number of nitrogens with one attached hydrogen (secondary N) is 1. The van der Waals surface area contributed by atoms with Gasteiger partial charge in [-0.2, -0.15) is 0 Å². The number of ketones is 1. The molecule has 3 aromatic carbocycles. The van der Waals surface area contributed by atoms with Crippen molar-refractivity contribution in [3.8, 4) is 0 Å². The third kappa shape index (κ3) is 5.21. The van der Waals surface area contributed by atoms with E-state index in [0.29, 0.717) is 17.4 Å². The maximum atomic E-state index is 12.8. The van der Waals surface area contributed by atoms with Gasteiger partial charge in [0, 0.05) is 22.7 Å². The third-order valence-electron chi connectivity index (χ3n) is 4.66. The Hall–Kier alpha value is -2.58. The molecule has 0 saturated carbocycles. The predicted octanol–water partition coefficient (Wildman–Crippen LogP) is 6.89. The van der Waals surface area contributed by atoms with Crippen LogP contribution in [0.15, 0.2) is 78.9 Å². The minimum absolute atomic E-state index is 0.114. The van der Waals surface area contributed by atoms with E-state index in [2.05, 4.69) is 43.4 Å². The summed E-state index contributed by atoms with van der Waals surface area (Å²) in [6, 6.07) is 25.4. The van der Waals surface area contributed by atoms with Crippen LogP contribution in [0.1, 0.15) is 53.7 Å². The Balaban J connectivity index is 1.87. The van der Waals surface area contributed by atoms with Crippen molar-refractivity contribution in [1.29, 1.82) is 0 Å². The molecule has 0 spiro atoms. The number of halogens is 1. The van der Waals surface area contributed by atoms with Crippen molar-refractivity contribution in [3.63, 3.8) is 0 Å². The molecule has 0 amide bonds. The molecule has 1 atom stereocenters. The van der Waals surface area contributed by atoms with Crippen molar-refractivity contribution in [2.75, 3.05) is 5.32 Å². The molecule has 0 fully saturated rings. The molecule has 0 radical (unpaired) electrons. The Morgan fingerprint density at radius 1 is 0.889 bits per heavy atom. The highest BCUT2D eigenvalue weighted by Crippen LogP contribution is 2.27. The first-order chi connectivity index (χ1) is 13.0. The van der Waals surface area contributed by atoms with Crippen LogP contribution in [0.5, 0.6) is 0 Å². The molecular formula is C24H24ClNO. The van der Waals surface area contributed by atoms with Crippen molar-refractivity contribution in [1.82, 2.24) is 0 Å². The molecule has 27 heavy (non-hydrogen) atoms. The summed E-state index contributed by atoms with van der Waals surface area (Å²) in [5, 5.41) is 4.15. The lowest BCUT2D eigenvalue weighted by Crippen LogP contribution is -2.16. The molecule has 0 aromatic heterocycles. The standard InChI is InChI=1S/C24H24ClNO/c1-17(2)18-11-13-19(14-12-18)23(26-22-10-6-9-21(25)15-22)16-24(27)20-7-4-3-5-8-20/h3-15,17,23,26H,16H2,1-2H3. The monoisotopic (exact) mass is 377 g/mol. The molecule has 3 aromatic rings. The highest BCUT2D eigenvalue weighted by atomic mass is 35.5. The van der Waals surface area contributed by atoms with Crippen LogP contribution in [0.3, 0.4) is 0 Å². The highest BCUT2D eigenvalue weighted by Gasteiger charge is 2.18.